The van der Waals surface area contributed by atoms with E-state index in [0.29, 0.717) is 6.04 Å². The molecule has 1 aliphatic carbocycles. The van der Waals surface area contributed by atoms with Crippen LogP contribution in [0.4, 0.5) is 0 Å². The molecule has 0 atom stereocenters. The SMILES string of the molecule is CC(C)N1CCN(Cc2ccc(CNC3CC3)cn2)CC1. The summed E-state index contributed by atoms with van der Waals surface area (Å²) in [5.74, 6) is 0. The number of piperazine rings is 1. The fourth-order valence-electron chi connectivity index (χ4n) is 2.87. The first-order valence-electron chi connectivity index (χ1n) is 8.34. The highest BCUT2D eigenvalue weighted by molar-refractivity contribution is 5.14. The Morgan fingerprint density at radius 1 is 1.19 bits per heavy atom. The summed E-state index contributed by atoms with van der Waals surface area (Å²) in [7, 11) is 0. The molecular weight excluding hydrogens is 260 g/mol. The quantitative estimate of drug-likeness (QED) is 0.866. The first-order chi connectivity index (χ1) is 10.2. The van der Waals surface area contributed by atoms with E-state index in [1.54, 1.807) is 0 Å². The molecule has 0 amide bonds. The largest absolute Gasteiger partial charge is 0.310 e. The lowest BCUT2D eigenvalue weighted by atomic mass is 10.2. The molecule has 1 aromatic rings. The molecule has 1 saturated carbocycles. The van der Waals surface area contributed by atoms with E-state index in [-0.39, 0.29) is 0 Å². The maximum atomic E-state index is 4.63. The molecular formula is C17H28N4. The summed E-state index contributed by atoms with van der Waals surface area (Å²) in [6.07, 6.45) is 4.72. The van der Waals surface area contributed by atoms with E-state index in [2.05, 4.69) is 46.1 Å². The molecule has 4 nitrogen and oxygen atoms in total. The maximum absolute atomic E-state index is 4.63. The molecule has 1 aliphatic heterocycles. The van der Waals surface area contributed by atoms with Crippen LogP contribution >= 0.6 is 0 Å². The second-order valence-electron chi connectivity index (χ2n) is 6.72. The Morgan fingerprint density at radius 3 is 2.52 bits per heavy atom. The molecule has 3 rings (SSSR count). The number of nitrogens with one attached hydrogen (secondary N) is 1. The average molecular weight is 288 g/mol. The second-order valence-corrected chi connectivity index (χ2v) is 6.72. The third-order valence-electron chi connectivity index (χ3n) is 4.58. The Labute approximate surface area is 128 Å². The van der Waals surface area contributed by atoms with Gasteiger partial charge in [0.25, 0.3) is 0 Å². The number of hydrogen-bond donors (Lipinski definition) is 1. The highest BCUT2D eigenvalue weighted by Gasteiger charge is 2.20. The van der Waals surface area contributed by atoms with Gasteiger partial charge in [0.05, 0.1) is 5.69 Å². The molecule has 0 bridgehead atoms. The molecule has 21 heavy (non-hydrogen) atoms. The zero-order valence-electron chi connectivity index (χ0n) is 13.4. The van der Waals surface area contributed by atoms with Crippen molar-refractivity contribution in [3.05, 3.63) is 29.6 Å². The third kappa shape index (κ3) is 4.50. The molecule has 116 valence electrons. The molecule has 1 aromatic heterocycles. The van der Waals surface area contributed by atoms with Crippen molar-refractivity contribution in [2.24, 2.45) is 0 Å². The van der Waals surface area contributed by atoms with Crippen LogP contribution < -0.4 is 5.32 Å². The van der Waals surface area contributed by atoms with Crippen molar-refractivity contribution in [3.63, 3.8) is 0 Å². The zero-order valence-corrected chi connectivity index (χ0v) is 13.4. The normalized spacial score (nSPS) is 21.1. The zero-order chi connectivity index (χ0) is 14.7. The molecule has 1 N–H and O–H groups in total. The predicted molar refractivity (Wildman–Crippen MR) is 86.1 cm³/mol. The highest BCUT2D eigenvalue weighted by Crippen LogP contribution is 2.19. The van der Waals surface area contributed by atoms with Crippen LogP contribution in [0.15, 0.2) is 18.3 Å². The van der Waals surface area contributed by atoms with Gasteiger partial charge in [-0.25, -0.2) is 0 Å². The van der Waals surface area contributed by atoms with Gasteiger partial charge in [-0.15, -0.1) is 0 Å². The molecule has 2 fully saturated rings. The summed E-state index contributed by atoms with van der Waals surface area (Å²) >= 11 is 0. The van der Waals surface area contributed by atoms with Crippen LogP contribution in [0, 0.1) is 0 Å². The summed E-state index contributed by atoms with van der Waals surface area (Å²) in [6.45, 7) is 11.2. The van der Waals surface area contributed by atoms with Gasteiger partial charge in [0.1, 0.15) is 0 Å². The van der Waals surface area contributed by atoms with Gasteiger partial charge in [-0.1, -0.05) is 6.07 Å². The number of hydrogen-bond acceptors (Lipinski definition) is 4. The summed E-state index contributed by atoms with van der Waals surface area (Å²) in [5, 5.41) is 3.53. The van der Waals surface area contributed by atoms with Crippen LogP contribution in [0.25, 0.3) is 0 Å². The van der Waals surface area contributed by atoms with E-state index in [1.165, 1.54) is 37.2 Å². The predicted octanol–water partition coefficient (Wildman–Crippen LogP) is 1.86. The summed E-state index contributed by atoms with van der Waals surface area (Å²) in [6, 6.07) is 5.85. The fraction of sp³-hybridized carbons (Fsp3) is 0.706. The summed E-state index contributed by atoms with van der Waals surface area (Å²) < 4.78 is 0. The third-order valence-corrected chi connectivity index (χ3v) is 4.58. The second kappa shape index (κ2) is 6.86. The first kappa shape index (κ1) is 14.9. The summed E-state index contributed by atoms with van der Waals surface area (Å²) in [5.41, 5.74) is 2.50. The lowest BCUT2D eigenvalue weighted by Gasteiger charge is -2.36. The van der Waals surface area contributed by atoms with Crippen LogP contribution in [-0.2, 0) is 13.1 Å². The Hall–Kier alpha value is -0.970. The maximum Gasteiger partial charge on any atom is 0.0544 e. The molecule has 0 spiro atoms. The number of nitrogens with zero attached hydrogens (tertiary/aromatic N) is 3. The van der Waals surface area contributed by atoms with E-state index in [1.807, 2.05) is 6.20 Å². The lowest BCUT2D eigenvalue weighted by molar-refractivity contribution is 0.103. The minimum Gasteiger partial charge on any atom is -0.310 e. The van der Waals surface area contributed by atoms with Crippen molar-refractivity contribution in [1.29, 1.82) is 0 Å². The molecule has 0 radical (unpaired) electrons. The van der Waals surface area contributed by atoms with Crippen LogP contribution in [-0.4, -0.2) is 53.0 Å². The van der Waals surface area contributed by atoms with Crippen LogP contribution in [0.3, 0.4) is 0 Å². The summed E-state index contributed by atoms with van der Waals surface area (Å²) in [4.78, 5) is 9.70. The molecule has 4 heteroatoms. The van der Waals surface area contributed by atoms with Gasteiger partial charge in [-0.3, -0.25) is 14.8 Å². The van der Waals surface area contributed by atoms with Crippen molar-refractivity contribution < 1.29 is 0 Å². The van der Waals surface area contributed by atoms with Crippen molar-refractivity contribution in [3.8, 4) is 0 Å². The molecule has 0 unspecified atom stereocenters. The van der Waals surface area contributed by atoms with Crippen molar-refractivity contribution in [2.75, 3.05) is 26.2 Å². The Bertz CT molecular complexity index is 431. The van der Waals surface area contributed by atoms with Gasteiger partial charge in [-0.2, -0.15) is 0 Å². The van der Waals surface area contributed by atoms with Crippen molar-refractivity contribution in [1.82, 2.24) is 20.1 Å². The number of pyridine rings is 1. The molecule has 0 aromatic carbocycles. The van der Waals surface area contributed by atoms with Gasteiger partial charge in [-0.05, 0) is 38.3 Å². The van der Waals surface area contributed by atoms with E-state index in [0.717, 1.165) is 32.2 Å². The van der Waals surface area contributed by atoms with E-state index < -0.39 is 0 Å². The molecule has 1 saturated heterocycles. The van der Waals surface area contributed by atoms with Crippen LogP contribution in [0.5, 0.6) is 0 Å². The number of aromatic nitrogens is 1. The van der Waals surface area contributed by atoms with Crippen molar-refractivity contribution >= 4 is 0 Å². The minimum absolute atomic E-state index is 0.670. The molecule has 2 aliphatic rings. The van der Waals surface area contributed by atoms with Crippen molar-refractivity contribution in [2.45, 2.75) is 51.9 Å². The van der Waals surface area contributed by atoms with E-state index in [9.17, 15) is 0 Å². The topological polar surface area (TPSA) is 31.4 Å². The van der Waals surface area contributed by atoms with Gasteiger partial charge < -0.3 is 5.32 Å². The monoisotopic (exact) mass is 288 g/mol. The van der Waals surface area contributed by atoms with E-state index in [4.69, 9.17) is 0 Å². The highest BCUT2D eigenvalue weighted by atomic mass is 15.3. The molecule has 2 heterocycles. The van der Waals surface area contributed by atoms with E-state index >= 15 is 0 Å². The Morgan fingerprint density at radius 2 is 1.95 bits per heavy atom. The fourth-order valence-corrected chi connectivity index (χ4v) is 2.87. The standard InChI is InChI=1S/C17H28N4/c1-14(2)21-9-7-20(8-10-21)13-17-4-3-15(12-19-17)11-18-16-5-6-16/h3-4,12,14,16,18H,5-11,13H2,1-2H3. The van der Waals surface area contributed by atoms with Gasteiger partial charge in [0.2, 0.25) is 0 Å². The lowest BCUT2D eigenvalue weighted by Crippen LogP contribution is -2.48. The van der Waals surface area contributed by atoms with Gasteiger partial charge in [0.15, 0.2) is 0 Å². The average Bonchev–Trinajstić information content (AvgIpc) is 3.31. The smallest absolute Gasteiger partial charge is 0.0544 e. The van der Waals surface area contributed by atoms with Gasteiger partial charge >= 0.3 is 0 Å². The first-order valence-corrected chi connectivity index (χ1v) is 8.34. The van der Waals surface area contributed by atoms with Crippen LogP contribution in [0.1, 0.15) is 37.9 Å². The van der Waals surface area contributed by atoms with Crippen LogP contribution in [0.2, 0.25) is 0 Å². The Kier molecular flexibility index (Phi) is 4.88. The minimum atomic E-state index is 0.670. The Balaban J connectivity index is 1.44. The number of rotatable bonds is 6. The van der Waals surface area contributed by atoms with Gasteiger partial charge in [0, 0.05) is 57.5 Å².